The first kappa shape index (κ1) is 18.5. The van der Waals surface area contributed by atoms with Crippen molar-refractivity contribution >= 4 is 11.5 Å². The van der Waals surface area contributed by atoms with Crippen molar-refractivity contribution in [1.29, 1.82) is 0 Å². The van der Waals surface area contributed by atoms with Gasteiger partial charge in [0, 0.05) is 24.4 Å². The molecule has 0 amide bonds. The maximum absolute atomic E-state index is 14.4. The van der Waals surface area contributed by atoms with Gasteiger partial charge in [0.1, 0.15) is 23.1 Å². The summed E-state index contributed by atoms with van der Waals surface area (Å²) in [6, 6.07) is 6.99. The quantitative estimate of drug-likeness (QED) is 0.511. The highest BCUT2D eigenvalue weighted by Gasteiger charge is 2.30. The molecule has 4 heterocycles. The van der Waals surface area contributed by atoms with Gasteiger partial charge in [-0.25, -0.2) is 18.3 Å². The lowest BCUT2D eigenvalue weighted by molar-refractivity contribution is 0.384. The van der Waals surface area contributed by atoms with Crippen molar-refractivity contribution in [3.05, 3.63) is 65.6 Å². The average Bonchev–Trinajstić information content (AvgIpc) is 3.46. The summed E-state index contributed by atoms with van der Waals surface area (Å²) in [7, 11) is 1.58. The Morgan fingerprint density at radius 3 is 2.87 bits per heavy atom. The van der Waals surface area contributed by atoms with Gasteiger partial charge in [-0.1, -0.05) is 0 Å². The molecule has 1 atom stereocenters. The van der Waals surface area contributed by atoms with Crippen LogP contribution in [0.2, 0.25) is 0 Å². The number of halogens is 2. The summed E-state index contributed by atoms with van der Waals surface area (Å²) in [5.74, 6) is 0.408. The second-order valence-corrected chi connectivity index (χ2v) is 7.34. The molecule has 0 unspecified atom stereocenters. The Balaban J connectivity index is 1.59. The number of hydrogen-bond acceptors (Lipinski definition) is 5. The lowest BCUT2D eigenvalue weighted by atomic mass is 10.0. The van der Waals surface area contributed by atoms with Crippen molar-refractivity contribution in [3.63, 3.8) is 0 Å². The smallest absolute Gasteiger partial charge is 0.216 e. The van der Waals surface area contributed by atoms with Crippen molar-refractivity contribution in [1.82, 2.24) is 24.4 Å². The maximum Gasteiger partial charge on any atom is 0.216 e. The van der Waals surface area contributed by atoms with Crippen LogP contribution in [0.4, 0.5) is 14.6 Å². The first-order valence-electron chi connectivity index (χ1n) is 9.72. The van der Waals surface area contributed by atoms with E-state index in [0.717, 1.165) is 24.6 Å². The van der Waals surface area contributed by atoms with Crippen LogP contribution in [0, 0.1) is 18.6 Å². The van der Waals surface area contributed by atoms with Gasteiger partial charge in [-0.15, -0.1) is 0 Å². The van der Waals surface area contributed by atoms with E-state index >= 15 is 0 Å². The lowest BCUT2D eigenvalue weighted by Crippen LogP contribution is -2.24. The Morgan fingerprint density at radius 2 is 2.03 bits per heavy atom. The number of benzene rings is 1. The molecule has 5 rings (SSSR count). The second-order valence-electron chi connectivity index (χ2n) is 7.34. The summed E-state index contributed by atoms with van der Waals surface area (Å²) < 4.78 is 36.9. The summed E-state index contributed by atoms with van der Waals surface area (Å²) in [5, 5.41) is 8.84. The molecule has 3 aromatic heterocycles. The van der Waals surface area contributed by atoms with Gasteiger partial charge < -0.3 is 9.64 Å². The molecule has 0 spiro atoms. The zero-order valence-electron chi connectivity index (χ0n) is 16.6. The van der Waals surface area contributed by atoms with Crippen molar-refractivity contribution in [2.75, 3.05) is 18.6 Å². The minimum Gasteiger partial charge on any atom is -0.481 e. The fourth-order valence-corrected chi connectivity index (χ4v) is 4.08. The molecule has 1 aliphatic rings. The van der Waals surface area contributed by atoms with Crippen molar-refractivity contribution < 1.29 is 13.5 Å². The number of fused-ring (bicyclic) bond motifs is 1. The third-order valence-corrected chi connectivity index (χ3v) is 5.44. The summed E-state index contributed by atoms with van der Waals surface area (Å²) in [6.45, 7) is 2.59. The van der Waals surface area contributed by atoms with Crippen molar-refractivity contribution in [2.24, 2.45) is 0 Å². The van der Waals surface area contributed by atoms with Crippen LogP contribution >= 0.6 is 0 Å². The summed E-state index contributed by atoms with van der Waals surface area (Å²) in [4.78, 5) is 6.81. The van der Waals surface area contributed by atoms with E-state index in [-0.39, 0.29) is 6.04 Å². The zero-order chi connectivity index (χ0) is 20.8. The number of rotatable bonds is 4. The van der Waals surface area contributed by atoms with Crippen LogP contribution in [-0.2, 0) is 0 Å². The first-order valence-corrected chi connectivity index (χ1v) is 9.72. The van der Waals surface area contributed by atoms with Crippen LogP contribution < -0.4 is 9.64 Å². The topological polar surface area (TPSA) is 60.5 Å². The van der Waals surface area contributed by atoms with E-state index in [4.69, 9.17) is 9.72 Å². The number of ether oxygens (including phenoxy) is 1. The van der Waals surface area contributed by atoms with E-state index in [2.05, 4.69) is 10.2 Å². The van der Waals surface area contributed by atoms with E-state index in [1.807, 2.05) is 24.0 Å². The van der Waals surface area contributed by atoms with Gasteiger partial charge in [0.05, 0.1) is 25.0 Å². The van der Waals surface area contributed by atoms with Gasteiger partial charge >= 0.3 is 0 Å². The van der Waals surface area contributed by atoms with Gasteiger partial charge in [0.15, 0.2) is 5.65 Å². The molecule has 30 heavy (non-hydrogen) atoms. The van der Waals surface area contributed by atoms with Gasteiger partial charge in [0.2, 0.25) is 5.88 Å². The molecule has 0 bridgehead atoms. The molecule has 1 saturated heterocycles. The van der Waals surface area contributed by atoms with Gasteiger partial charge in [-0.2, -0.15) is 14.9 Å². The molecule has 1 fully saturated rings. The molecule has 7 nitrogen and oxygen atoms in total. The molecule has 0 saturated carbocycles. The van der Waals surface area contributed by atoms with Crippen LogP contribution in [0.5, 0.6) is 5.88 Å². The summed E-state index contributed by atoms with van der Waals surface area (Å²) in [6.07, 6.45) is 5.08. The summed E-state index contributed by atoms with van der Waals surface area (Å²) in [5.41, 5.74) is 2.43. The molecule has 1 aliphatic heterocycles. The number of methoxy groups -OCH3 is 1. The van der Waals surface area contributed by atoms with Gasteiger partial charge in [-0.05, 0) is 44.0 Å². The predicted molar refractivity (Wildman–Crippen MR) is 107 cm³/mol. The molecule has 0 radical (unpaired) electrons. The van der Waals surface area contributed by atoms with Gasteiger partial charge in [0.25, 0.3) is 0 Å². The summed E-state index contributed by atoms with van der Waals surface area (Å²) >= 11 is 0. The number of hydrogen-bond donors (Lipinski definition) is 0. The molecule has 1 aromatic carbocycles. The van der Waals surface area contributed by atoms with E-state index < -0.39 is 11.6 Å². The monoisotopic (exact) mass is 410 g/mol. The minimum absolute atomic E-state index is 0.275. The van der Waals surface area contributed by atoms with E-state index in [0.29, 0.717) is 35.1 Å². The molecule has 0 aliphatic carbocycles. The molecule has 154 valence electrons. The average molecular weight is 410 g/mol. The predicted octanol–water partition coefficient (Wildman–Crippen LogP) is 3.85. The molecule has 4 aromatic rings. The number of aromatic nitrogens is 5. The van der Waals surface area contributed by atoms with E-state index in [9.17, 15) is 8.78 Å². The number of aryl methyl sites for hydroxylation is 1. The standard InChI is InChI=1S/C21H20F2N6O/c1-13-10-20(30-2)29(26-13)18-12-24-28-9-7-19(25-21(18)28)27-8-3-4-17(27)15-11-14(22)5-6-16(15)23/h5-7,9-12,17H,3-4,8H2,1-2H3/t17-/m1/s1. The van der Waals surface area contributed by atoms with E-state index in [1.54, 1.807) is 28.7 Å². The Bertz CT molecular complexity index is 1230. The normalized spacial score (nSPS) is 16.5. The van der Waals surface area contributed by atoms with Crippen LogP contribution in [-0.4, -0.2) is 38.0 Å². The molecular weight excluding hydrogens is 390 g/mol. The van der Waals surface area contributed by atoms with Crippen LogP contribution in [0.15, 0.2) is 42.7 Å². The Morgan fingerprint density at radius 1 is 1.17 bits per heavy atom. The Hall–Kier alpha value is -3.49. The third kappa shape index (κ3) is 2.97. The van der Waals surface area contributed by atoms with Crippen LogP contribution in [0.3, 0.4) is 0 Å². The molecule has 0 N–H and O–H groups in total. The zero-order valence-corrected chi connectivity index (χ0v) is 16.6. The Labute approximate surface area is 171 Å². The number of anilines is 1. The Kier molecular flexibility index (Phi) is 4.38. The lowest BCUT2D eigenvalue weighted by Gasteiger charge is -2.26. The second kappa shape index (κ2) is 7.08. The SMILES string of the molecule is COc1cc(C)nn1-c1cnn2ccc(N3CCC[C@@H]3c3cc(F)ccc3F)nc12. The highest BCUT2D eigenvalue weighted by molar-refractivity contribution is 5.62. The number of nitrogens with zero attached hydrogens (tertiary/aromatic N) is 6. The van der Waals surface area contributed by atoms with Crippen LogP contribution in [0.25, 0.3) is 11.3 Å². The fourth-order valence-electron chi connectivity index (χ4n) is 4.08. The van der Waals surface area contributed by atoms with E-state index in [1.165, 1.54) is 12.1 Å². The highest BCUT2D eigenvalue weighted by atomic mass is 19.1. The van der Waals surface area contributed by atoms with Gasteiger partial charge in [-0.3, -0.25) is 0 Å². The molecular formula is C21H20F2N6O. The maximum atomic E-state index is 14.4. The van der Waals surface area contributed by atoms with Crippen LogP contribution in [0.1, 0.15) is 30.1 Å². The van der Waals surface area contributed by atoms with Crippen molar-refractivity contribution in [3.8, 4) is 11.6 Å². The highest BCUT2D eigenvalue weighted by Crippen LogP contribution is 2.37. The van der Waals surface area contributed by atoms with Crippen molar-refractivity contribution in [2.45, 2.75) is 25.8 Å². The largest absolute Gasteiger partial charge is 0.481 e. The molecule has 9 heteroatoms. The first-order chi connectivity index (χ1) is 14.5. The fraction of sp³-hybridized carbons (Fsp3) is 0.286. The minimum atomic E-state index is -0.444. The third-order valence-electron chi connectivity index (χ3n) is 5.44.